The van der Waals surface area contributed by atoms with E-state index in [2.05, 4.69) is 5.32 Å². The van der Waals surface area contributed by atoms with E-state index >= 15 is 0 Å². The summed E-state index contributed by atoms with van der Waals surface area (Å²) < 4.78 is 10.7. The second kappa shape index (κ2) is 11.3. The van der Waals surface area contributed by atoms with E-state index in [0.29, 0.717) is 35.8 Å². The van der Waals surface area contributed by atoms with Crippen LogP contribution in [-0.4, -0.2) is 30.9 Å². The van der Waals surface area contributed by atoms with Crippen LogP contribution in [-0.2, 0) is 19.1 Å². The number of benzene rings is 1. The van der Waals surface area contributed by atoms with Crippen molar-refractivity contribution in [3.05, 3.63) is 51.8 Å². The minimum Gasteiger partial charge on any atom is -0.463 e. The number of dihydropyridines is 1. The molecular weight excluding hydrogens is 410 g/mol. The van der Waals surface area contributed by atoms with Crippen molar-refractivity contribution < 1.29 is 19.1 Å². The van der Waals surface area contributed by atoms with E-state index in [1.54, 1.807) is 18.7 Å². The van der Waals surface area contributed by atoms with Crippen LogP contribution in [0, 0.1) is 5.92 Å². The normalized spacial score (nSPS) is 16.5. The molecule has 1 atom stereocenters. The first kappa shape index (κ1) is 23.4. The average molecular weight is 438 g/mol. The Balaban J connectivity index is 1.93. The third-order valence-corrected chi connectivity index (χ3v) is 5.96. The van der Waals surface area contributed by atoms with Gasteiger partial charge in [0.1, 0.15) is 0 Å². The highest BCUT2D eigenvalue weighted by molar-refractivity contribution is 7.99. The van der Waals surface area contributed by atoms with E-state index in [4.69, 9.17) is 21.1 Å². The first-order chi connectivity index (χ1) is 13.9. The molecule has 1 heterocycles. The van der Waals surface area contributed by atoms with Crippen LogP contribution in [0.4, 0.5) is 0 Å². The van der Waals surface area contributed by atoms with E-state index in [1.807, 2.05) is 45.0 Å². The Bertz CT molecular complexity index is 802. The molecule has 1 aliphatic rings. The summed E-state index contributed by atoms with van der Waals surface area (Å²) >= 11 is 7.58. The number of halogens is 1. The third kappa shape index (κ3) is 6.28. The lowest BCUT2D eigenvalue weighted by molar-refractivity contribution is -0.140. The maximum atomic E-state index is 12.8. The van der Waals surface area contributed by atoms with Gasteiger partial charge in [0.2, 0.25) is 0 Å². The number of carbonyl (C=O) groups excluding carboxylic acids is 2. The highest BCUT2D eigenvalue weighted by atomic mass is 35.5. The number of rotatable bonds is 9. The van der Waals surface area contributed by atoms with Gasteiger partial charge in [-0.25, -0.2) is 9.59 Å². The van der Waals surface area contributed by atoms with Gasteiger partial charge in [-0.05, 0) is 57.9 Å². The smallest absolute Gasteiger partial charge is 0.336 e. The van der Waals surface area contributed by atoms with Gasteiger partial charge in [-0.2, -0.15) is 0 Å². The summed E-state index contributed by atoms with van der Waals surface area (Å²) in [6.07, 6.45) is 1.34. The summed E-state index contributed by atoms with van der Waals surface area (Å²) in [7, 11) is 0. The summed E-state index contributed by atoms with van der Waals surface area (Å²) in [4.78, 5) is 26.3. The van der Waals surface area contributed by atoms with Gasteiger partial charge in [0.25, 0.3) is 0 Å². The van der Waals surface area contributed by atoms with Crippen LogP contribution in [0.25, 0.3) is 0 Å². The molecule has 1 aliphatic heterocycles. The molecule has 0 spiro atoms. The molecule has 1 N–H and O–H groups in total. The van der Waals surface area contributed by atoms with Gasteiger partial charge in [0.15, 0.2) is 0 Å². The molecule has 0 bridgehead atoms. The van der Waals surface area contributed by atoms with Crippen LogP contribution in [0.2, 0.25) is 5.02 Å². The number of esters is 2. The fourth-order valence-electron chi connectivity index (χ4n) is 3.31. The number of thioether (sulfide) groups is 1. The van der Waals surface area contributed by atoms with Gasteiger partial charge in [-0.15, -0.1) is 11.8 Å². The Hall–Kier alpha value is -1.92. The van der Waals surface area contributed by atoms with Crippen molar-refractivity contribution in [1.29, 1.82) is 0 Å². The summed E-state index contributed by atoms with van der Waals surface area (Å²) in [5.74, 6) is -0.268. The maximum absolute atomic E-state index is 12.8. The maximum Gasteiger partial charge on any atom is 0.336 e. The van der Waals surface area contributed by atoms with Crippen LogP contribution < -0.4 is 5.32 Å². The quantitative estimate of drug-likeness (QED) is 0.329. The standard InChI is InChI=1S/C22H28ClNO4S/c1-5-18-19(21(25)27-6-2)14(3)24-15(4)20(18)22(26)28-12-7-13-29-17-10-8-16(23)9-11-17/h8-11,18,24H,5-7,12-13H2,1-4H3. The van der Waals surface area contributed by atoms with Crippen LogP contribution >= 0.6 is 23.4 Å². The summed E-state index contributed by atoms with van der Waals surface area (Å²) in [5, 5.41) is 3.85. The monoisotopic (exact) mass is 437 g/mol. The van der Waals surface area contributed by atoms with Crippen molar-refractivity contribution in [3.63, 3.8) is 0 Å². The Morgan fingerprint density at radius 3 is 2.17 bits per heavy atom. The molecule has 5 nitrogen and oxygen atoms in total. The van der Waals surface area contributed by atoms with Gasteiger partial charge in [0.05, 0.1) is 24.4 Å². The van der Waals surface area contributed by atoms with E-state index < -0.39 is 0 Å². The van der Waals surface area contributed by atoms with Crippen LogP contribution in [0.5, 0.6) is 0 Å². The molecular formula is C22H28ClNO4S. The number of allylic oxidation sites excluding steroid dienone is 2. The molecule has 1 aromatic rings. The minimum atomic E-state index is -0.387. The Morgan fingerprint density at radius 1 is 1.03 bits per heavy atom. The molecule has 0 fully saturated rings. The first-order valence-electron chi connectivity index (χ1n) is 9.80. The molecule has 158 valence electrons. The molecule has 1 unspecified atom stereocenters. The zero-order chi connectivity index (χ0) is 21.4. The Morgan fingerprint density at radius 2 is 1.62 bits per heavy atom. The molecule has 0 saturated carbocycles. The highest BCUT2D eigenvalue weighted by Gasteiger charge is 2.35. The molecule has 0 saturated heterocycles. The Labute approximate surface area is 181 Å². The number of nitrogens with one attached hydrogen (secondary N) is 1. The number of hydrogen-bond acceptors (Lipinski definition) is 6. The van der Waals surface area contributed by atoms with Crippen LogP contribution in [0.15, 0.2) is 51.7 Å². The molecule has 0 aliphatic carbocycles. The van der Waals surface area contributed by atoms with E-state index in [1.165, 1.54) is 0 Å². The first-order valence-corrected chi connectivity index (χ1v) is 11.2. The van der Waals surface area contributed by atoms with Crippen molar-refractivity contribution in [2.45, 2.75) is 45.4 Å². The van der Waals surface area contributed by atoms with Crippen molar-refractivity contribution in [2.24, 2.45) is 5.92 Å². The molecule has 2 rings (SSSR count). The molecule has 0 amide bonds. The molecule has 29 heavy (non-hydrogen) atoms. The zero-order valence-corrected chi connectivity index (χ0v) is 18.9. The van der Waals surface area contributed by atoms with Gasteiger partial charge in [-0.3, -0.25) is 0 Å². The van der Waals surface area contributed by atoms with Gasteiger partial charge < -0.3 is 14.8 Å². The van der Waals surface area contributed by atoms with Crippen molar-refractivity contribution in [2.75, 3.05) is 19.0 Å². The minimum absolute atomic E-state index is 0.291. The van der Waals surface area contributed by atoms with Crippen LogP contribution in [0.1, 0.15) is 40.5 Å². The van der Waals surface area contributed by atoms with E-state index in [-0.39, 0.29) is 17.9 Å². The lowest BCUT2D eigenvalue weighted by Crippen LogP contribution is -2.33. The number of hydrogen-bond donors (Lipinski definition) is 1. The lowest BCUT2D eigenvalue weighted by Gasteiger charge is -2.29. The summed E-state index contributed by atoms with van der Waals surface area (Å²) in [5.41, 5.74) is 2.46. The fraction of sp³-hybridized carbons (Fsp3) is 0.455. The van der Waals surface area contributed by atoms with Gasteiger partial charge >= 0.3 is 11.9 Å². The van der Waals surface area contributed by atoms with Gasteiger partial charge in [-0.1, -0.05) is 18.5 Å². The largest absolute Gasteiger partial charge is 0.463 e. The van der Waals surface area contributed by atoms with Crippen molar-refractivity contribution in [1.82, 2.24) is 5.32 Å². The van der Waals surface area contributed by atoms with Gasteiger partial charge in [0, 0.05) is 33.0 Å². The SMILES string of the molecule is CCOC(=O)C1=C(C)NC(C)=C(C(=O)OCCCSc2ccc(Cl)cc2)C1CC. The lowest BCUT2D eigenvalue weighted by atomic mass is 9.83. The van der Waals surface area contributed by atoms with Crippen molar-refractivity contribution >= 4 is 35.3 Å². The Kier molecular flexibility index (Phi) is 9.11. The second-order valence-corrected chi connectivity index (χ2v) is 8.28. The van der Waals surface area contributed by atoms with Crippen LogP contribution in [0.3, 0.4) is 0 Å². The summed E-state index contributed by atoms with van der Waals surface area (Å²) in [6, 6.07) is 7.66. The molecule has 0 aromatic heterocycles. The predicted octanol–water partition coefficient (Wildman–Crippen LogP) is 5.11. The fourth-order valence-corrected chi connectivity index (χ4v) is 4.27. The second-order valence-electron chi connectivity index (χ2n) is 6.68. The molecule has 0 radical (unpaired) electrons. The van der Waals surface area contributed by atoms with E-state index in [9.17, 15) is 9.59 Å². The van der Waals surface area contributed by atoms with Crippen molar-refractivity contribution in [3.8, 4) is 0 Å². The highest BCUT2D eigenvalue weighted by Crippen LogP contribution is 2.33. The topological polar surface area (TPSA) is 64.6 Å². The summed E-state index contributed by atoms with van der Waals surface area (Å²) in [6.45, 7) is 7.99. The van der Waals surface area contributed by atoms with E-state index in [0.717, 1.165) is 28.5 Å². The zero-order valence-electron chi connectivity index (χ0n) is 17.3. The third-order valence-electron chi connectivity index (χ3n) is 4.61. The number of carbonyl (C=O) groups is 2. The average Bonchev–Trinajstić information content (AvgIpc) is 2.68. The molecule has 1 aromatic carbocycles. The number of ether oxygens (including phenoxy) is 2. The molecule has 7 heteroatoms. The predicted molar refractivity (Wildman–Crippen MR) is 117 cm³/mol.